The van der Waals surface area contributed by atoms with Gasteiger partial charge in [-0.15, -0.1) is 0 Å². The molecule has 28 heavy (non-hydrogen) atoms. The van der Waals surface area contributed by atoms with Crippen LogP contribution in [0.2, 0.25) is 0 Å². The van der Waals surface area contributed by atoms with Crippen LogP contribution in [0.1, 0.15) is 21.5 Å². The largest absolute Gasteiger partial charge is 0.484 e. The van der Waals surface area contributed by atoms with Gasteiger partial charge in [-0.1, -0.05) is 35.9 Å². The molecule has 0 spiro atoms. The second kappa shape index (κ2) is 9.37. The van der Waals surface area contributed by atoms with E-state index in [4.69, 9.17) is 9.47 Å². The lowest BCUT2D eigenvalue weighted by atomic mass is 10.1. The average Bonchev–Trinajstić information content (AvgIpc) is 2.73. The summed E-state index contributed by atoms with van der Waals surface area (Å²) < 4.78 is 10.5. The standard InChI is InChI=1S/C22H26N2O4/c1-17-7-9-19(10-8-17)28-16-21(25)24-13-11-23(12-14-24)15-18-5-3-4-6-20(18)22(26)27-2/h3-10H,11-16H2,1-2H3. The van der Waals surface area contributed by atoms with Crippen molar-refractivity contribution < 1.29 is 19.1 Å². The highest BCUT2D eigenvalue weighted by Gasteiger charge is 2.22. The number of nitrogens with zero attached hydrogens (tertiary/aromatic N) is 2. The third-order valence-corrected chi connectivity index (χ3v) is 4.92. The van der Waals surface area contributed by atoms with Crippen molar-refractivity contribution in [2.45, 2.75) is 13.5 Å². The summed E-state index contributed by atoms with van der Waals surface area (Å²) in [5, 5.41) is 0. The molecule has 0 atom stereocenters. The van der Waals surface area contributed by atoms with Crippen molar-refractivity contribution in [3.63, 3.8) is 0 Å². The molecule has 1 fully saturated rings. The van der Waals surface area contributed by atoms with Crippen LogP contribution in [0.4, 0.5) is 0 Å². The first kappa shape index (κ1) is 19.9. The van der Waals surface area contributed by atoms with Crippen LogP contribution in [0.25, 0.3) is 0 Å². The Labute approximate surface area is 165 Å². The Bertz CT molecular complexity index is 812. The highest BCUT2D eigenvalue weighted by atomic mass is 16.5. The Hall–Kier alpha value is -2.86. The van der Waals surface area contributed by atoms with E-state index in [2.05, 4.69) is 4.90 Å². The SMILES string of the molecule is COC(=O)c1ccccc1CN1CCN(C(=O)COc2ccc(C)cc2)CC1. The Morgan fingerprint density at radius 3 is 2.32 bits per heavy atom. The lowest BCUT2D eigenvalue weighted by Crippen LogP contribution is -2.49. The van der Waals surface area contributed by atoms with Crippen molar-refractivity contribution in [1.82, 2.24) is 9.80 Å². The van der Waals surface area contributed by atoms with Gasteiger partial charge in [0.05, 0.1) is 12.7 Å². The lowest BCUT2D eigenvalue weighted by molar-refractivity contribution is -0.135. The van der Waals surface area contributed by atoms with Crippen molar-refractivity contribution in [2.24, 2.45) is 0 Å². The van der Waals surface area contributed by atoms with E-state index < -0.39 is 0 Å². The molecule has 0 N–H and O–H groups in total. The molecule has 3 rings (SSSR count). The molecule has 1 saturated heterocycles. The van der Waals surface area contributed by atoms with E-state index >= 15 is 0 Å². The number of esters is 1. The topological polar surface area (TPSA) is 59.1 Å². The fraction of sp³-hybridized carbons (Fsp3) is 0.364. The third-order valence-electron chi connectivity index (χ3n) is 4.92. The zero-order valence-corrected chi connectivity index (χ0v) is 16.4. The van der Waals surface area contributed by atoms with Gasteiger partial charge in [0.1, 0.15) is 5.75 Å². The number of benzene rings is 2. The zero-order valence-electron chi connectivity index (χ0n) is 16.4. The number of aryl methyl sites for hydroxylation is 1. The maximum Gasteiger partial charge on any atom is 0.338 e. The molecular weight excluding hydrogens is 356 g/mol. The van der Waals surface area contributed by atoms with E-state index in [9.17, 15) is 9.59 Å². The second-order valence-corrected chi connectivity index (χ2v) is 6.91. The minimum atomic E-state index is -0.322. The molecule has 1 aliphatic rings. The van der Waals surface area contributed by atoms with Crippen molar-refractivity contribution in [1.29, 1.82) is 0 Å². The van der Waals surface area contributed by atoms with Gasteiger partial charge in [-0.25, -0.2) is 4.79 Å². The van der Waals surface area contributed by atoms with Gasteiger partial charge in [0.15, 0.2) is 6.61 Å². The first-order valence-corrected chi connectivity index (χ1v) is 9.42. The summed E-state index contributed by atoms with van der Waals surface area (Å²) >= 11 is 0. The van der Waals surface area contributed by atoms with Crippen LogP contribution in [0.5, 0.6) is 5.75 Å². The third kappa shape index (κ3) is 5.10. The van der Waals surface area contributed by atoms with Crippen LogP contribution >= 0.6 is 0 Å². The van der Waals surface area contributed by atoms with Crippen molar-refractivity contribution in [2.75, 3.05) is 39.9 Å². The number of rotatable bonds is 6. The van der Waals surface area contributed by atoms with E-state index in [1.54, 1.807) is 6.07 Å². The Balaban J connectivity index is 1.48. The number of carbonyl (C=O) groups excluding carboxylic acids is 2. The Morgan fingerprint density at radius 2 is 1.64 bits per heavy atom. The Morgan fingerprint density at radius 1 is 0.964 bits per heavy atom. The highest BCUT2D eigenvalue weighted by Crippen LogP contribution is 2.15. The van der Waals surface area contributed by atoms with Gasteiger partial charge in [-0.2, -0.15) is 0 Å². The molecule has 0 bridgehead atoms. The van der Waals surface area contributed by atoms with E-state index in [0.717, 1.165) is 24.2 Å². The molecular formula is C22H26N2O4. The quantitative estimate of drug-likeness (QED) is 0.719. The van der Waals surface area contributed by atoms with Gasteiger partial charge in [0.2, 0.25) is 0 Å². The maximum absolute atomic E-state index is 12.4. The second-order valence-electron chi connectivity index (χ2n) is 6.91. The summed E-state index contributed by atoms with van der Waals surface area (Å²) in [6, 6.07) is 15.2. The average molecular weight is 382 g/mol. The minimum Gasteiger partial charge on any atom is -0.484 e. The maximum atomic E-state index is 12.4. The smallest absolute Gasteiger partial charge is 0.338 e. The van der Waals surface area contributed by atoms with Gasteiger partial charge >= 0.3 is 5.97 Å². The van der Waals surface area contributed by atoms with Gasteiger partial charge in [-0.05, 0) is 30.7 Å². The normalized spacial score (nSPS) is 14.6. The fourth-order valence-electron chi connectivity index (χ4n) is 3.23. The molecule has 1 aliphatic heterocycles. The van der Waals surface area contributed by atoms with E-state index in [1.807, 2.05) is 54.3 Å². The van der Waals surface area contributed by atoms with Crippen molar-refractivity contribution >= 4 is 11.9 Å². The van der Waals surface area contributed by atoms with E-state index in [0.29, 0.717) is 30.9 Å². The summed E-state index contributed by atoms with van der Waals surface area (Å²) in [6.07, 6.45) is 0. The summed E-state index contributed by atoms with van der Waals surface area (Å²) in [5.74, 6) is 0.379. The molecule has 0 aliphatic carbocycles. The predicted molar refractivity (Wildman–Crippen MR) is 106 cm³/mol. The summed E-state index contributed by atoms with van der Waals surface area (Å²) in [6.45, 7) is 5.53. The molecule has 6 heteroatoms. The summed E-state index contributed by atoms with van der Waals surface area (Å²) in [4.78, 5) is 28.4. The molecule has 1 heterocycles. The van der Waals surface area contributed by atoms with Gasteiger partial charge in [0.25, 0.3) is 5.91 Å². The van der Waals surface area contributed by atoms with Crippen molar-refractivity contribution in [3.05, 3.63) is 65.2 Å². The van der Waals surface area contributed by atoms with Crippen LogP contribution in [0.3, 0.4) is 0 Å². The first-order chi connectivity index (χ1) is 13.6. The summed E-state index contributed by atoms with van der Waals surface area (Å²) in [5.41, 5.74) is 2.69. The number of hydrogen-bond donors (Lipinski definition) is 0. The van der Waals surface area contributed by atoms with E-state index in [-0.39, 0.29) is 18.5 Å². The van der Waals surface area contributed by atoms with Gasteiger partial charge in [-0.3, -0.25) is 9.69 Å². The monoisotopic (exact) mass is 382 g/mol. The molecule has 0 radical (unpaired) electrons. The molecule has 0 unspecified atom stereocenters. The van der Waals surface area contributed by atoms with Crippen LogP contribution < -0.4 is 4.74 Å². The molecule has 2 aromatic carbocycles. The highest BCUT2D eigenvalue weighted by molar-refractivity contribution is 5.90. The molecule has 0 aromatic heterocycles. The molecule has 0 saturated carbocycles. The number of hydrogen-bond acceptors (Lipinski definition) is 5. The van der Waals surface area contributed by atoms with Crippen molar-refractivity contribution in [3.8, 4) is 5.75 Å². The van der Waals surface area contributed by atoms with Gasteiger partial charge in [0, 0.05) is 32.7 Å². The van der Waals surface area contributed by atoms with Crippen LogP contribution in [-0.2, 0) is 16.1 Å². The number of methoxy groups -OCH3 is 1. The predicted octanol–water partition coefficient (Wildman–Crippen LogP) is 2.50. The molecule has 148 valence electrons. The fourth-order valence-corrected chi connectivity index (χ4v) is 3.23. The van der Waals surface area contributed by atoms with E-state index in [1.165, 1.54) is 7.11 Å². The van der Waals surface area contributed by atoms with Crippen LogP contribution in [-0.4, -0.2) is 61.6 Å². The zero-order chi connectivity index (χ0) is 19.9. The number of ether oxygens (including phenoxy) is 2. The molecule has 1 amide bonds. The van der Waals surface area contributed by atoms with Crippen LogP contribution in [0, 0.1) is 6.92 Å². The van der Waals surface area contributed by atoms with Gasteiger partial charge < -0.3 is 14.4 Å². The number of amides is 1. The molecule has 2 aromatic rings. The minimum absolute atomic E-state index is 0.00446. The molecule has 6 nitrogen and oxygen atoms in total. The van der Waals surface area contributed by atoms with Crippen LogP contribution in [0.15, 0.2) is 48.5 Å². The number of piperazine rings is 1. The summed E-state index contributed by atoms with van der Waals surface area (Å²) in [7, 11) is 1.39. The number of carbonyl (C=O) groups is 2. The lowest BCUT2D eigenvalue weighted by Gasteiger charge is -2.34. The first-order valence-electron chi connectivity index (χ1n) is 9.42. The Kier molecular flexibility index (Phi) is 6.66.